The molecule has 2 N–H and O–H groups in total. The molecule has 1 amide bonds. The van der Waals surface area contributed by atoms with Crippen LogP contribution in [0.2, 0.25) is 0 Å². The van der Waals surface area contributed by atoms with Crippen LogP contribution in [0.4, 0.5) is 0 Å². The summed E-state index contributed by atoms with van der Waals surface area (Å²) >= 11 is 0. The summed E-state index contributed by atoms with van der Waals surface area (Å²) in [7, 11) is 1.19. The maximum absolute atomic E-state index is 11.9. The van der Waals surface area contributed by atoms with E-state index >= 15 is 0 Å². The number of ether oxygens (including phenoxy) is 2. The van der Waals surface area contributed by atoms with E-state index in [2.05, 4.69) is 10.1 Å². The van der Waals surface area contributed by atoms with Gasteiger partial charge in [0.25, 0.3) is 0 Å². The molecule has 0 aliphatic heterocycles. The Morgan fingerprint density at radius 3 is 2.17 bits per heavy atom. The third-order valence-corrected chi connectivity index (χ3v) is 2.86. The minimum atomic E-state index is -1.20. The maximum atomic E-state index is 11.9. The largest absolute Gasteiger partial charge is 0.467 e. The van der Waals surface area contributed by atoms with Crippen molar-refractivity contribution in [2.75, 3.05) is 7.11 Å². The fourth-order valence-corrected chi connectivity index (χ4v) is 1.87. The van der Waals surface area contributed by atoms with Gasteiger partial charge in [-0.05, 0) is 39.5 Å². The average molecular weight is 331 g/mol. The first kappa shape index (κ1) is 21.4. The van der Waals surface area contributed by atoms with Crippen molar-refractivity contribution in [3.63, 3.8) is 0 Å². The van der Waals surface area contributed by atoms with E-state index in [0.29, 0.717) is 0 Å². The molecule has 23 heavy (non-hydrogen) atoms. The molecule has 7 nitrogen and oxygen atoms in total. The van der Waals surface area contributed by atoms with E-state index in [0.717, 1.165) is 0 Å². The summed E-state index contributed by atoms with van der Waals surface area (Å²) < 4.78 is 9.77. The fourth-order valence-electron chi connectivity index (χ4n) is 1.87. The zero-order valence-electron chi connectivity index (χ0n) is 14.8. The van der Waals surface area contributed by atoms with Gasteiger partial charge in [0.15, 0.2) is 0 Å². The SMILES string of the molecule is COC(=O)[C@@H](CCC(=O)OC(C)(C)C)NC(=O)[C@@H](O)CC(C)C. The third kappa shape index (κ3) is 9.89. The summed E-state index contributed by atoms with van der Waals surface area (Å²) in [5, 5.41) is 12.2. The molecule has 0 heterocycles. The summed E-state index contributed by atoms with van der Waals surface area (Å²) in [6.45, 7) is 8.97. The Morgan fingerprint density at radius 1 is 1.17 bits per heavy atom. The minimum absolute atomic E-state index is 0.0434. The second-order valence-corrected chi connectivity index (χ2v) is 6.85. The molecule has 0 fully saturated rings. The molecular formula is C16H29NO6. The van der Waals surface area contributed by atoms with Crippen molar-refractivity contribution in [3.8, 4) is 0 Å². The van der Waals surface area contributed by atoms with E-state index in [4.69, 9.17) is 4.74 Å². The second-order valence-electron chi connectivity index (χ2n) is 6.85. The molecule has 0 radical (unpaired) electrons. The predicted molar refractivity (Wildman–Crippen MR) is 84.5 cm³/mol. The third-order valence-electron chi connectivity index (χ3n) is 2.86. The van der Waals surface area contributed by atoms with Crippen molar-refractivity contribution in [1.82, 2.24) is 5.32 Å². The standard InChI is InChI=1S/C16H29NO6/c1-10(2)9-12(18)14(20)17-11(15(21)22-6)7-8-13(19)23-16(3,4)5/h10-12,18H,7-9H2,1-6H3,(H,17,20)/t11-,12+/m1/s1. The predicted octanol–water partition coefficient (Wildman–Crippen LogP) is 1.17. The molecule has 0 aliphatic carbocycles. The van der Waals surface area contributed by atoms with E-state index in [1.807, 2.05) is 13.8 Å². The molecule has 0 saturated heterocycles. The smallest absolute Gasteiger partial charge is 0.328 e. The van der Waals surface area contributed by atoms with Crippen LogP contribution in [0.15, 0.2) is 0 Å². The van der Waals surface area contributed by atoms with Crippen molar-refractivity contribution in [2.45, 2.75) is 71.6 Å². The lowest BCUT2D eigenvalue weighted by Crippen LogP contribution is -2.46. The van der Waals surface area contributed by atoms with Crippen LogP contribution >= 0.6 is 0 Å². The second kappa shape index (κ2) is 9.50. The Hall–Kier alpha value is -1.63. The van der Waals surface area contributed by atoms with E-state index in [1.54, 1.807) is 20.8 Å². The van der Waals surface area contributed by atoms with E-state index < -0.39 is 35.6 Å². The normalized spacial score (nSPS) is 14.1. The fraction of sp³-hybridized carbons (Fsp3) is 0.812. The van der Waals surface area contributed by atoms with Crippen LogP contribution in [0.5, 0.6) is 0 Å². The van der Waals surface area contributed by atoms with Crippen LogP contribution in [0.3, 0.4) is 0 Å². The first-order valence-electron chi connectivity index (χ1n) is 7.74. The quantitative estimate of drug-likeness (QED) is 0.647. The van der Waals surface area contributed by atoms with Crippen molar-refractivity contribution in [1.29, 1.82) is 0 Å². The van der Waals surface area contributed by atoms with Gasteiger partial charge in [0.05, 0.1) is 7.11 Å². The number of methoxy groups -OCH3 is 1. The molecule has 0 aromatic rings. The van der Waals surface area contributed by atoms with Crippen LogP contribution in [0, 0.1) is 5.92 Å². The summed E-state index contributed by atoms with van der Waals surface area (Å²) in [5.74, 6) is -1.66. The molecule has 0 rings (SSSR count). The highest BCUT2D eigenvalue weighted by Gasteiger charge is 2.27. The Kier molecular flexibility index (Phi) is 8.82. The van der Waals surface area contributed by atoms with Crippen molar-refractivity contribution in [2.24, 2.45) is 5.92 Å². The zero-order chi connectivity index (χ0) is 18.2. The van der Waals surface area contributed by atoms with Crippen LogP contribution in [0.25, 0.3) is 0 Å². The van der Waals surface area contributed by atoms with E-state index in [9.17, 15) is 19.5 Å². The van der Waals surface area contributed by atoms with Crippen LogP contribution in [-0.4, -0.2) is 47.8 Å². The highest BCUT2D eigenvalue weighted by molar-refractivity contribution is 5.87. The summed E-state index contributed by atoms with van der Waals surface area (Å²) in [5.41, 5.74) is -0.617. The topological polar surface area (TPSA) is 102 Å². The molecule has 134 valence electrons. The van der Waals surface area contributed by atoms with E-state index in [1.165, 1.54) is 7.11 Å². The number of carbonyl (C=O) groups is 3. The number of hydrogen-bond acceptors (Lipinski definition) is 6. The van der Waals surface area contributed by atoms with Gasteiger partial charge in [-0.1, -0.05) is 13.8 Å². The first-order chi connectivity index (χ1) is 10.5. The Morgan fingerprint density at radius 2 is 1.74 bits per heavy atom. The highest BCUT2D eigenvalue weighted by atomic mass is 16.6. The van der Waals surface area contributed by atoms with Crippen LogP contribution < -0.4 is 5.32 Å². The Labute approximate surface area is 137 Å². The molecule has 0 aromatic carbocycles. The molecular weight excluding hydrogens is 302 g/mol. The zero-order valence-corrected chi connectivity index (χ0v) is 14.8. The molecule has 0 unspecified atom stereocenters. The summed E-state index contributed by atoms with van der Waals surface area (Å²) in [6.07, 6.45) is -0.922. The van der Waals surface area contributed by atoms with Crippen molar-refractivity contribution in [3.05, 3.63) is 0 Å². The van der Waals surface area contributed by atoms with Gasteiger partial charge < -0.3 is 19.9 Å². The van der Waals surface area contributed by atoms with Gasteiger partial charge in [0.2, 0.25) is 5.91 Å². The maximum Gasteiger partial charge on any atom is 0.328 e. The van der Waals surface area contributed by atoms with Gasteiger partial charge in [-0.15, -0.1) is 0 Å². The molecule has 0 aromatic heterocycles. The van der Waals surface area contributed by atoms with Gasteiger partial charge in [0, 0.05) is 6.42 Å². The number of esters is 2. The van der Waals surface area contributed by atoms with Gasteiger partial charge in [0.1, 0.15) is 17.7 Å². The Bertz CT molecular complexity index is 413. The monoisotopic (exact) mass is 331 g/mol. The average Bonchev–Trinajstić information content (AvgIpc) is 2.39. The Balaban J connectivity index is 4.62. The van der Waals surface area contributed by atoms with Gasteiger partial charge >= 0.3 is 11.9 Å². The van der Waals surface area contributed by atoms with Crippen molar-refractivity contribution < 1.29 is 29.0 Å². The summed E-state index contributed by atoms with van der Waals surface area (Å²) in [6, 6.07) is -0.998. The number of aliphatic hydroxyl groups excluding tert-OH is 1. The number of rotatable bonds is 8. The molecule has 0 spiro atoms. The van der Waals surface area contributed by atoms with Gasteiger partial charge in [-0.25, -0.2) is 4.79 Å². The minimum Gasteiger partial charge on any atom is -0.467 e. The first-order valence-corrected chi connectivity index (χ1v) is 7.74. The highest BCUT2D eigenvalue weighted by Crippen LogP contribution is 2.11. The van der Waals surface area contributed by atoms with Crippen LogP contribution in [-0.2, 0) is 23.9 Å². The number of amides is 1. The molecule has 7 heteroatoms. The van der Waals surface area contributed by atoms with E-state index in [-0.39, 0.29) is 25.2 Å². The molecule has 2 atom stereocenters. The number of carbonyl (C=O) groups excluding carboxylic acids is 3. The lowest BCUT2D eigenvalue weighted by atomic mass is 10.0. The molecule has 0 saturated carbocycles. The van der Waals surface area contributed by atoms with Gasteiger partial charge in [-0.2, -0.15) is 0 Å². The van der Waals surface area contributed by atoms with Crippen molar-refractivity contribution >= 4 is 17.8 Å². The molecule has 0 aliphatic rings. The molecule has 0 bridgehead atoms. The lowest BCUT2D eigenvalue weighted by Gasteiger charge is -2.21. The summed E-state index contributed by atoms with van der Waals surface area (Å²) in [4.78, 5) is 35.3. The lowest BCUT2D eigenvalue weighted by molar-refractivity contribution is -0.155. The number of hydrogen-bond donors (Lipinski definition) is 2. The van der Waals surface area contributed by atoms with Crippen LogP contribution in [0.1, 0.15) is 53.9 Å². The number of nitrogens with one attached hydrogen (secondary N) is 1. The number of aliphatic hydroxyl groups is 1. The van der Waals surface area contributed by atoms with Gasteiger partial charge in [-0.3, -0.25) is 9.59 Å².